The number of rotatable bonds is 5. The lowest BCUT2D eigenvalue weighted by atomic mass is 10.1. The lowest BCUT2D eigenvalue weighted by molar-refractivity contribution is 0.00973. The molecule has 0 spiro atoms. The van der Waals surface area contributed by atoms with Crippen LogP contribution in [0.5, 0.6) is 0 Å². The number of aryl methyl sites for hydroxylation is 1. The molecule has 5 heteroatoms. The van der Waals surface area contributed by atoms with Crippen LogP contribution in [0, 0.1) is 0 Å². The van der Waals surface area contributed by atoms with E-state index in [-0.39, 0.29) is 6.61 Å². The van der Waals surface area contributed by atoms with Gasteiger partial charge in [0, 0.05) is 20.1 Å². The number of ether oxygens (including phenoxy) is 1. The fraction of sp³-hybridized carbons (Fsp3) is 0.778. The van der Waals surface area contributed by atoms with Crippen LogP contribution in [0.1, 0.15) is 32.0 Å². The number of hydrogen-bond donors (Lipinski definition) is 1. The summed E-state index contributed by atoms with van der Waals surface area (Å²) in [5, 5.41) is 12.4. The summed E-state index contributed by atoms with van der Waals surface area (Å²) >= 11 is 0. The van der Waals surface area contributed by atoms with E-state index in [9.17, 15) is 0 Å². The van der Waals surface area contributed by atoms with Crippen molar-refractivity contribution >= 4 is 0 Å². The maximum absolute atomic E-state index is 8.63. The van der Waals surface area contributed by atoms with Crippen molar-refractivity contribution in [1.29, 1.82) is 0 Å². The van der Waals surface area contributed by atoms with Crippen LogP contribution >= 0.6 is 0 Å². The van der Waals surface area contributed by atoms with Crippen molar-refractivity contribution in [2.75, 3.05) is 13.7 Å². The summed E-state index contributed by atoms with van der Waals surface area (Å²) in [6.07, 6.45) is 1.23. The molecule has 1 aromatic heterocycles. The first-order valence-electron chi connectivity index (χ1n) is 4.59. The van der Waals surface area contributed by atoms with E-state index in [0.717, 1.165) is 0 Å². The molecule has 0 unspecified atom stereocenters. The lowest BCUT2D eigenvalue weighted by Crippen LogP contribution is -2.21. The molecule has 0 aliphatic heterocycles. The summed E-state index contributed by atoms with van der Waals surface area (Å²) in [6.45, 7) is 3.87. The van der Waals surface area contributed by atoms with Gasteiger partial charge >= 0.3 is 0 Å². The van der Waals surface area contributed by atoms with E-state index in [1.807, 2.05) is 13.8 Å². The maximum Gasteiger partial charge on any atom is 0.226 e. The summed E-state index contributed by atoms with van der Waals surface area (Å²) in [5.41, 5.74) is -0.527. The first-order valence-corrected chi connectivity index (χ1v) is 4.59. The number of aliphatic hydroxyl groups excluding tert-OH is 1. The molecule has 0 aromatic carbocycles. The zero-order valence-corrected chi connectivity index (χ0v) is 8.78. The van der Waals surface area contributed by atoms with Gasteiger partial charge in [-0.25, -0.2) is 0 Å². The van der Waals surface area contributed by atoms with Gasteiger partial charge in [-0.2, -0.15) is 4.98 Å². The number of aromatic nitrogens is 2. The number of hydrogen-bond acceptors (Lipinski definition) is 5. The molecule has 0 radical (unpaired) electrons. The third-order valence-electron chi connectivity index (χ3n) is 2.07. The molecule has 0 aliphatic rings. The van der Waals surface area contributed by atoms with Crippen molar-refractivity contribution in [3.05, 3.63) is 11.7 Å². The Morgan fingerprint density at radius 1 is 1.50 bits per heavy atom. The van der Waals surface area contributed by atoms with E-state index in [1.54, 1.807) is 7.11 Å². The monoisotopic (exact) mass is 200 g/mol. The Hall–Kier alpha value is -0.940. The molecule has 0 fully saturated rings. The smallest absolute Gasteiger partial charge is 0.226 e. The second-order valence-electron chi connectivity index (χ2n) is 3.55. The van der Waals surface area contributed by atoms with Gasteiger partial charge in [0.2, 0.25) is 11.7 Å². The Kier molecular flexibility index (Phi) is 3.60. The number of aliphatic hydroxyl groups is 1. The van der Waals surface area contributed by atoms with Crippen molar-refractivity contribution < 1.29 is 14.4 Å². The minimum Gasteiger partial charge on any atom is -0.396 e. The summed E-state index contributed by atoms with van der Waals surface area (Å²) in [5.74, 6) is 1.08. The van der Waals surface area contributed by atoms with E-state index >= 15 is 0 Å². The average molecular weight is 200 g/mol. The molecule has 1 aromatic rings. The number of methoxy groups -OCH3 is 1. The molecule has 1 rings (SSSR count). The van der Waals surface area contributed by atoms with Crippen LogP contribution in [0.3, 0.4) is 0 Å². The fourth-order valence-electron chi connectivity index (χ4n) is 0.923. The zero-order valence-electron chi connectivity index (χ0n) is 8.78. The van der Waals surface area contributed by atoms with Crippen LogP contribution in [0.15, 0.2) is 4.52 Å². The minimum atomic E-state index is -0.527. The highest BCUT2D eigenvalue weighted by Gasteiger charge is 2.25. The summed E-state index contributed by atoms with van der Waals surface area (Å²) in [7, 11) is 1.60. The molecule has 0 saturated heterocycles. The quantitative estimate of drug-likeness (QED) is 0.764. The van der Waals surface area contributed by atoms with Gasteiger partial charge in [-0.3, -0.25) is 0 Å². The standard InChI is InChI=1S/C9H16N2O3/c1-9(2,13-3)8-10-7(14-11-8)5-4-6-12/h12H,4-6H2,1-3H3. The highest BCUT2D eigenvalue weighted by Crippen LogP contribution is 2.20. The van der Waals surface area contributed by atoms with Gasteiger partial charge in [0.05, 0.1) is 0 Å². The molecule has 5 nitrogen and oxygen atoms in total. The molecular formula is C9H16N2O3. The highest BCUT2D eigenvalue weighted by atomic mass is 16.5. The average Bonchev–Trinajstić information content (AvgIpc) is 2.63. The molecule has 1 heterocycles. The van der Waals surface area contributed by atoms with Gasteiger partial charge in [0.15, 0.2) is 0 Å². The lowest BCUT2D eigenvalue weighted by Gasteiger charge is -2.17. The van der Waals surface area contributed by atoms with E-state index < -0.39 is 5.60 Å². The van der Waals surface area contributed by atoms with Crippen LogP contribution in [0.4, 0.5) is 0 Å². The number of nitrogens with zero attached hydrogens (tertiary/aromatic N) is 2. The van der Waals surface area contributed by atoms with Crippen molar-refractivity contribution in [2.24, 2.45) is 0 Å². The third kappa shape index (κ3) is 2.52. The van der Waals surface area contributed by atoms with E-state index in [4.69, 9.17) is 14.4 Å². The second-order valence-corrected chi connectivity index (χ2v) is 3.55. The van der Waals surface area contributed by atoms with Crippen molar-refractivity contribution in [1.82, 2.24) is 10.1 Å². The van der Waals surface area contributed by atoms with Crippen LogP contribution in [0.25, 0.3) is 0 Å². The third-order valence-corrected chi connectivity index (χ3v) is 2.07. The van der Waals surface area contributed by atoms with Gasteiger partial charge in [-0.15, -0.1) is 0 Å². The van der Waals surface area contributed by atoms with E-state index in [1.165, 1.54) is 0 Å². The minimum absolute atomic E-state index is 0.130. The van der Waals surface area contributed by atoms with Gasteiger partial charge in [0.25, 0.3) is 0 Å². The SMILES string of the molecule is COC(C)(C)c1noc(CCCO)n1. The molecule has 0 amide bonds. The molecule has 80 valence electrons. The molecular weight excluding hydrogens is 184 g/mol. The van der Waals surface area contributed by atoms with Crippen LogP contribution in [-0.4, -0.2) is 29.0 Å². The largest absolute Gasteiger partial charge is 0.396 e. The fourth-order valence-corrected chi connectivity index (χ4v) is 0.923. The highest BCUT2D eigenvalue weighted by molar-refractivity contribution is 4.97. The summed E-state index contributed by atoms with van der Waals surface area (Å²) < 4.78 is 10.2. The topological polar surface area (TPSA) is 68.4 Å². The van der Waals surface area contributed by atoms with Crippen molar-refractivity contribution in [3.63, 3.8) is 0 Å². The van der Waals surface area contributed by atoms with E-state index in [2.05, 4.69) is 10.1 Å². The Balaban J connectivity index is 2.67. The summed E-state index contributed by atoms with van der Waals surface area (Å²) in [4.78, 5) is 4.18. The van der Waals surface area contributed by atoms with Crippen molar-refractivity contribution in [3.8, 4) is 0 Å². The van der Waals surface area contributed by atoms with Crippen LogP contribution < -0.4 is 0 Å². The molecule has 0 aliphatic carbocycles. The molecule has 0 saturated carbocycles. The first-order chi connectivity index (χ1) is 6.60. The Morgan fingerprint density at radius 2 is 2.21 bits per heavy atom. The molecule has 14 heavy (non-hydrogen) atoms. The zero-order chi connectivity index (χ0) is 10.6. The predicted molar refractivity (Wildman–Crippen MR) is 49.7 cm³/mol. The van der Waals surface area contributed by atoms with Crippen LogP contribution in [-0.2, 0) is 16.8 Å². The van der Waals surface area contributed by atoms with Crippen molar-refractivity contribution in [2.45, 2.75) is 32.3 Å². The molecule has 0 atom stereocenters. The summed E-state index contributed by atoms with van der Waals surface area (Å²) in [6, 6.07) is 0. The van der Waals surface area contributed by atoms with Gasteiger partial charge < -0.3 is 14.4 Å². The Morgan fingerprint density at radius 3 is 2.79 bits per heavy atom. The molecule has 1 N–H and O–H groups in total. The normalized spacial score (nSPS) is 12.0. The maximum atomic E-state index is 8.63. The molecule has 0 bridgehead atoms. The van der Waals surface area contributed by atoms with E-state index in [0.29, 0.717) is 24.6 Å². The first kappa shape index (κ1) is 11.1. The van der Waals surface area contributed by atoms with Gasteiger partial charge in [-0.05, 0) is 20.3 Å². The second kappa shape index (κ2) is 4.52. The Bertz CT molecular complexity index is 283. The van der Waals surface area contributed by atoms with Crippen LogP contribution in [0.2, 0.25) is 0 Å². The predicted octanol–water partition coefficient (Wildman–Crippen LogP) is 0.876. The Labute approximate surface area is 83.1 Å². The van der Waals surface area contributed by atoms with Gasteiger partial charge in [0.1, 0.15) is 5.60 Å². The van der Waals surface area contributed by atoms with Gasteiger partial charge in [-0.1, -0.05) is 5.16 Å².